The molecule has 6 heteroatoms. The number of aromatic nitrogens is 2. The fraction of sp³-hybridized carbons (Fsp3) is 0.500. The summed E-state index contributed by atoms with van der Waals surface area (Å²) in [5.74, 6) is -0.171. The Hall–Kier alpha value is -1.14. The van der Waals surface area contributed by atoms with E-state index in [4.69, 9.17) is 10.8 Å². The van der Waals surface area contributed by atoms with Crippen molar-refractivity contribution in [1.82, 2.24) is 9.97 Å². The maximum absolute atomic E-state index is 10.7. The lowest BCUT2D eigenvalue weighted by Crippen LogP contribution is -2.44. The molecule has 0 saturated heterocycles. The van der Waals surface area contributed by atoms with Crippen molar-refractivity contribution in [3.63, 3.8) is 0 Å². The Morgan fingerprint density at radius 3 is 2.94 bits per heavy atom. The molecule has 1 rings (SSSR count). The summed E-state index contributed by atoms with van der Waals surface area (Å²) in [7, 11) is 0. The Morgan fingerprint density at radius 2 is 2.38 bits per heavy atom. The minimum absolute atomic E-state index is 0.454. The van der Waals surface area contributed by atoms with E-state index in [0.717, 1.165) is 17.2 Å². The summed E-state index contributed by atoms with van der Waals surface area (Å²) in [6.07, 6.45) is 6.12. The molecule has 3 N–H and O–H groups in total. The Morgan fingerprint density at radius 1 is 1.62 bits per heavy atom. The number of nitrogens with zero attached hydrogens (tertiary/aromatic N) is 2. The first kappa shape index (κ1) is 12.9. The van der Waals surface area contributed by atoms with E-state index in [9.17, 15) is 4.79 Å². The second kappa shape index (κ2) is 5.81. The van der Waals surface area contributed by atoms with Crippen molar-refractivity contribution in [3.05, 3.63) is 18.6 Å². The Labute approximate surface area is 98.5 Å². The van der Waals surface area contributed by atoms with E-state index in [2.05, 4.69) is 9.97 Å². The van der Waals surface area contributed by atoms with Crippen LogP contribution in [0.3, 0.4) is 0 Å². The summed E-state index contributed by atoms with van der Waals surface area (Å²) in [5.41, 5.74) is 4.47. The van der Waals surface area contributed by atoms with Gasteiger partial charge in [-0.1, -0.05) is 0 Å². The number of carboxylic acid groups (broad SMARTS) is 1. The molecule has 1 heterocycles. The third-order valence-corrected chi connectivity index (χ3v) is 3.12. The molecule has 0 aliphatic rings. The molecule has 16 heavy (non-hydrogen) atoms. The molecule has 5 nitrogen and oxygen atoms in total. The van der Waals surface area contributed by atoms with Crippen LogP contribution in [0.15, 0.2) is 23.6 Å². The van der Waals surface area contributed by atoms with Crippen molar-refractivity contribution in [2.24, 2.45) is 5.73 Å². The predicted octanol–water partition coefficient (Wildman–Crippen LogP) is 1.15. The van der Waals surface area contributed by atoms with Crippen molar-refractivity contribution in [1.29, 1.82) is 0 Å². The molecule has 0 aromatic carbocycles. The first-order chi connectivity index (χ1) is 7.52. The van der Waals surface area contributed by atoms with Gasteiger partial charge in [0.1, 0.15) is 10.6 Å². The van der Waals surface area contributed by atoms with Gasteiger partial charge in [0.15, 0.2) is 0 Å². The molecule has 0 bridgehead atoms. The number of thioether (sulfide) groups is 1. The number of rotatable bonds is 6. The molecule has 1 aromatic rings. The number of carbonyl (C=O) groups is 1. The lowest BCUT2D eigenvalue weighted by molar-refractivity contribution is -0.142. The van der Waals surface area contributed by atoms with Crippen LogP contribution in [0.5, 0.6) is 0 Å². The summed E-state index contributed by atoms with van der Waals surface area (Å²) in [5, 5.41) is 9.65. The highest BCUT2D eigenvalue weighted by Gasteiger charge is 2.26. The highest BCUT2D eigenvalue weighted by molar-refractivity contribution is 7.99. The van der Waals surface area contributed by atoms with Crippen LogP contribution < -0.4 is 5.73 Å². The van der Waals surface area contributed by atoms with Gasteiger partial charge in [-0.25, -0.2) is 4.98 Å². The highest BCUT2D eigenvalue weighted by atomic mass is 32.2. The molecular weight excluding hydrogens is 226 g/mol. The fourth-order valence-electron chi connectivity index (χ4n) is 1.08. The molecule has 0 spiro atoms. The van der Waals surface area contributed by atoms with Gasteiger partial charge in [-0.15, -0.1) is 11.8 Å². The van der Waals surface area contributed by atoms with Gasteiger partial charge >= 0.3 is 5.97 Å². The van der Waals surface area contributed by atoms with E-state index in [1.54, 1.807) is 30.4 Å². The van der Waals surface area contributed by atoms with E-state index >= 15 is 0 Å². The average molecular weight is 241 g/mol. The summed E-state index contributed by atoms with van der Waals surface area (Å²) in [6, 6.07) is 0. The molecule has 1 aromatic heterocycles. The van der Waals surface area contributed by atoms with E-state index in [0.29, 0.717) is 6.42 Å². The van der Waals surface area contributed by atoms with Crippen LogP contribution in [0.1, 0.15) is 19.8 Å². The van der Waals surface area contributed by atoms with Gasteiger partial charge in [0.05, 0.1) is 6.20 Å². The first-order valence-corrected chi connectivity index (χ1v) is 5.92. The average Bonchev–Trinajstić information content (AvgIpc) is 2.26. The minimum atomic E-state index is -1.14. The lowest BCUT2D eigenvalue weighted by atomic mass is 9.98. The maximum atomic E-state index is 10.7. The van der Waals surface area contributed by atoms with Crippen LogP contribution in [0, 0.1) is 0 Å². The molecular formula is C10H15N3O2S. The van der Waals surface area contributed by atoms with Crippen LogP contribution in [-0.4, -0.2) is 32.3 Å². The van der Waals surface area contributed by atoms with Gasteiger partial charge in [-0.2, -0.15) is 0 Å². The van der Waals surface area contributed by atoms with E-state index in [1.165, 1.54) is 6.92 Å². The second-order valence-electron chi connectivity index (χ2n) is 3.72. The van der Waals surface area contributed by atoms with Gasteiger partial charge in [-0.3, -0.25) is 9.78 Å². The van der Waals surface area contributed by atoms with Gasteiger partial charge in [0.2, 0.25) is 0 Å². The lowest BCUT2D eigenvalue weighted by Gasteiger charge is -2.18. The van der Waals surface area contributed by atoms with E-state index < -0.39 is 11.5 Å². The van der Waals surface area contributed by atoms with Crippen molar-refractivity contribution < 1.29 is 9.90 Å². The number of aliphatic carboxylic acids is 1. The smallest absolute Gasteiger partial charge is 0.323 e. The standard InChI is InChI=1S/C10H15N3O2S/c1-10(11,9(14)15)3-2-6-16-8-7-12-4-5-13-8/h4-5,7H,2-3,6,11H2,1H3,(H,14,15). The van der Waals surface area contributed by atoms with Crippen molar-refractivity contribution >= 4 is 17.7 Å². The van der Waals surface area contributed by atoms with Crippen LogP contribution in [0.25, 0.3) is 0 Å². The zero-order chi connectivity index (χ0) is 12.0. The zero-order valence-electron chi connectivity index (χ0n) is 9.09. The quantitative estimate of drug-likeness (QED) is 0.573. The van der Waals surface area contributed by atoms with Gasteiger partial charge in [0.25, 0.3) is 0 Å². The number of hydrogen-bond acceptors (Lipinski definition) is 5. The summed E-state index contributed by atoms with van der Waals surface area (Å²) in [4.78, 5) is 18.8. The van der Waals surface area contributed by atoms with Crippen molar-refractivity contribution in [2.45, 2.75) is 30.3 Å². The SMILES string of the molecule is CC(N)(CCCSc1cnccn1)C(=O)O. The molecule has 0 saturated carbocycles. The molecule has 88 valence electrons. The molecule has 0 radical (unpaired) electrons. The van der Waals surface area contributed by atoms with Crippen molar-refractivity contribution in [2.75, 3.05) is 5.75 Å². The maximum Gasteiger partial charge on any atom is 0.323 e. The van der Waals surface area contributed by atoms with Crippen LogP contribution >= 0.6 is 11.8 Å². The topological polar surface area (TPSA) is 89.1 Å². The Bertz CT molecular complexity index is 343. The zero-order valence-corrected chi connectivity index (χ0v) is 9.91. The number of carboxylic acids is 1. The predicted molar refractivity (Wildman–Crippen MR) is 62.2 cm³/mol. The highest BCUT2D eigenvalue weighted by Crippen LogP contribution is 2.17. The van der Waals surface area contributed by atoms with Gasteiger partial charge in [-0.05, 0) is 25.5 Å². The molecule has 1 atom stereocenters. The summed E-state index contributed by atoms with van der Waals surface area (Å²) < 4.78 is 0. The molecule has 1 unspecified atom stereocenters. The number of hydrogen-bond donors (Lipinski definition) is 2. The summed E-state index contributed by atoms with van der Waals surface area (Å²) in [6.45, 7) is 1.53. The third kappa shape index (κ3) is 4.16. The molecule has 0 aliphatic carbocycles. The minimum Gasteiger partial charge on any atom is -0.480 e. The monoisotopic (exact) mass is 241 g/mol. The molecule has 0 fully saturated rings. The fourth-order valence-corrected chi connectivity index (χ4v) is 1.85. The number of nitrogens with two attached hydrogens (primary N) is 1. The molecule has 0 amide bonds. The van der Waals surface area contributed by atoms with Crippen LogP contribution in [0.4, 0.5) is 0 Å². The largest absolute Gasteiger partial charge is 0.480 e. The van der Waals surface area contributed by atoms with Gasteiger partial charge in [0, 0.05) is 12.4 Å². The van der Waals surface area contributed by atoms with E-state index in [1.807, 2.05) is 0 Å². The second-order valence-corrected chi connectivity index (χ2v) is 4.83. The Balaban J connectivity index is 2.25. The molecule has 0 aliphatic heterocycles. The summed E-state index contributed by atoms with van der Waals surface area (Å²) >= 11 is 1.55. The van der Waals surface area contributed by atoms with Gasteiger partial charge < -0.3 is 10.8 Å². The van der Waals surface area contributed by atoms with E-state index in [-0.39, 0.29) is 0 Å². The van der Waals surface area contributed by atoms with Crippen molar-refractivity contribution in [3.8, 4) is 0 Å². The Kier molecular flexibility index (Phi) is 4.70. The first-order valence-electron chi connectivity index (χ1n) is 4.93. The van der Waals surface area contributed by atoms with Crippen LogP contribution in [0.2, 0.25) is 0 Å². The van der Waals surface area contributed by atoms with Crippen LogP contribution in [-0.2, 0) is 4.79 Å². The normalized spacial score (nSPS) is 14.4. The third-order valence-electron chi connectivity index (χ3n) is 2.12.